The first-order valence-electron chi connectivity index (χ1n) is 7.76. The lowest BCUT2D eigenvalue weighted by molar-refractivity contribution is -0.137. The molecular weight excluding hydrogens is 337 g/mol. The predicted molar refractivity (Wildman–Crippen MR) is 87.3 cm³/mol. The Morgan fingerprint density at radius 1 is 1.21 bits per heavy atom. The second-order valence-electron chi connectivity index (χ2n) is 5.90. The predicted octanol–water partition coefficient (Wildman–Crippen LogP) is 4.25. The highest BCUT2D eigenvalue weighted by Gasteiger charge is 2.30. The number of aryl methyl sites for hydroxylation is 2. The maximum Gasteiger partial charge on any atom is 0.416 e. The molecule has 0 N–H and O–H groups in total. The third kappa shape index (κ3) is 3.61. The Kier molecular flexibility index (Phi) is 4.62. The lowest BCUT2D eigenvalue weighted by Gasteiger charge is -2.14. The molecule has 0 spiro atoms. The highest BCUT2D eigenvalue weighted by atomic mass is 32.1. The Balaban J connectivity index is 1.69. The molecule has 0 aliphatic heterocycles. The summed E-state index contributed by atoms with van der Waals surface area (Å²) in [5, 5.41) is 0.666. The van der Waals surface area contributed by atoms with Crippen molar-refractivity contribution in [3.63, 3.8) is 0 Å². The summed E-state index contributed by atoms with van der Waals surface area (Å²) in [6, 6.07) is 4.71. The van der Waals surface area contributed by atoms with Gasteiger partial charge in [0, 0.05) is 11.9 Å². The maximum absolute atomic E-state index is 12.6. The van der Waals surface area contributed by atoms with Gasteiger partial charge in [-0.3, -0.25) is 9.69 Å². The van der Waals surface area contributed by atoms with Crippen molar-refractivity contribution < 1.29 is 18.0 Å². The second-order valence-corrected chi connectivity index (χ2v) is 6.96. The number of rotatable bonds is 3. The Hall–Kier alpha value is -1.89. The average molecular weight is 354 g/mol. The minimum atomic E-state index is -4.36. The molecule has 1 aliphatic carbocycles. The topological polar surface area (TPSA) is 33.2 Å². The van der Waals surface area contributed by atoms with Gasteiger partial charge in [-0.1, -0.05) is 12.1 Å². The van der Waals surface area contributed by atoms with E-state index in [0.717, 1.165) is 43.5 Å². The third-order valence-electron chi connectivity index (χ3n) is 4.13. The van der Waals surface area contributed by atoms with Crippen LogP contribution in [0.4, 0.5) is 18.3 Å². The molecule has 0 saturated carbocycles. The largest absolute Gasteiger partial charge is 0.416 e. The number of carbonyl (C=O) groups is 1. The first kappa shape index (κ1) is 17.0. The number of anilines is 1. The van der Waals surface area contributed by atoms with E-state index in [0.29, 0.717) is 10.7 Å². The minimum absolute atomic E-state index is 0.0544. The van der Waals surface area contributed by atoms with E-state index in [9.17, 15) is 18.0 Å². The number of fused-ring (bicyclic) bond motifs is 1. The number of amides is 1. The van der Waals surface area contributed by atoms with Crippen molar-refractivity contribution in [1.29, 1.82) is 0 Å². The molecule has 0 fully saturated rings. The fraction of sp³-hybridized carbons (Fsp3) is 0.412. The van der Waals surface area contributed by atoms with Gasteiger partial charge >= 0.3 is 6.18 Å². The third-order valence-corrected chi connectivity index (χ3v) is 5.37. The molecule has 2 aromatic rings. The van der Waals surface area contributed by atoms with Crippen molar-refractivity contribution in [3.8, 4) is 0 Å². The lowest BCUT2D eigenvalue weighted by atomic mass is 10.0. The highest BCUT2D eigenvalue weighted by Crippen LogP contribution is 2.32. The molecule has 0 atom stereocenters. The number of thiazole rings is 1. The summed E-state index contributed by atoms with van der Waals surface area (Å²) in [5.74, 6) is -0.180. The maximum atomic E-state index is 12.6. The summed E-state index contributed by atoms with van der Waals surface area (Å²) in [5.41, 5.74) is 0.927. The van der Waals surface area contributed by atoms with Gasteiger partial charge in [0.1, 0.15) is 0 Å². The fourth-order valence-electron chi connectivity index (χ4n) is 2.69. The van der Waals surface area contributed by atoms with Crippen LogP contribution in [0.15, 0.2) is 24.3 Å². The van der Waals surface area contributed by atoms with Crippen LogP contribution in [-0.4, -0.2) is 17.9 Å². The van der Waals surface area contributed by atoms with E-state index < -0.39 is 11.7 Å². The number of benzene rings is 1. The lowest BCUT2D eigenvalue weighted by Crippen LogP contribution is -2.27. The number of hydrogen-bond acceptors (Lipinski definition) is 3. The molecule has 128 valence electrons. The normalized spacial score (nSPS) is 14.3. The monoisotopic (exact) mass is 354 g/mol. The Morgan fingerprint density at radius 3 is 2.50 bits per heavy atom. The van der Waals surface area contributed by atoms with Gasteiger partial charge in [0.15, 0.2) is 5.13 Å². The van der Waals surface area contributed by atoms with E-state index in [-0.39, 0.29) is 12.3 Å². The molecule has 3 nitrogen and oxygen atoms in total. The number of carbonyl (C=O) groups excluding carboxylic acids is 1. The Bertz CT molecular complexity index is 714. The summed E-state index contributed by atoms with van der Waals surface area (Å²) in [6.07, 6.45) is -0.0733. The van der Waals surface area contributed by atoms with E-state index in [4.69, 9.17) is 0 Å². The van der Waals surface area contributed by atoms with Crippen molar-refractivity contribution in [2.24, 2.45) is 0 Å². The molecule has 0 radical (unpaired) electrons. The quantitative estimate of drug-likeness (QED) is 0.826. The van der Waals surface area contributed by atoms with Crippen LogP contribution in [0, 0.1) is 0 Å². The van der Waals surface area contributed by atoms with Gasteiger partial charge in [-0.15, -0.1) is 11.3 Å². The van der Waals surface area contributed by atoms with E-state index in [2.05, 4.69) is 4.98 Å². The van der Waals surface area contributed by atoms with Crippen molar-refractivity contribution >= 4 is 22.4 Å². The summed E-state index contributed by atoms with van der Waals surface area (Å²) in [7, 11) is 1.66. The number of likely N-dealkylation sites (N-methyl/N-ethyl adjacent to an activating group) is 1. The summed E-state index contributed by atoms with van der Waals surface area (Å²) in [4.78, 5) is 19.7. The van der Waals surface area contributed by atoms with E-state index in [1.54, 1.807) is 7.05 Å². The minimum Gasteiger partial charge on any atom is -0.291 e. The summed E-state index contributed by atoms with van der Waals surface area (Å²) < 4.78 is 37.7. The van der Waals surface area contributed by atoms with Gasteiger partial charge in [0.05, 0.1) is 17.7 Å². The number of halogens is 3. The Morgan fingerprint density at radius 2 is 1.88 bits per heavy atom. The van der Waals surface area contributed by atoms with Crippen LogP contribution < -0.4 is 4.90 Å². The van der Waals surface area contributed by atoms with Crippen molar-refractivity contribution in [1.82, 2.24) is 4.98 Å². The van der Waals surface area contributed by atoms with Crippen molar-refractivity contribution in [3.05, 3.63) is 46.0 Å². The molecule has 1 aromatic carbocycles. The van der Waals surface area contributed by atoms with Crippen LogP contribution >= 0.6 is 11.3 Å². The van der Waals surface area contributed by atoms with E-state index in [1.165, 1.54) is 33.2 Å². The Labute approximate surface area is 142 Å². The fourth-order valence-corrected chi connectivity index (χ4v) is 3.82. The van der Waals surface area contributed by atoms with Gasteiger partial charge in [-0.2, -0.15) is 13.2 Å². The molecular formula is C17H17F3N2OS. The number of alkyl halides is 3. The summed E-state index contributed by atoms with van der Waals surface area (Å²) in [6.45, 7) is 0. The molecule has 0 saturated heterocycles. The van der Waals surface area contributed by atoms with Gasteiger partial charge in [0.2, 0.25) is 5.91 Å². The molecule has 1 amide bonds. The number of hydrogen-bond donors (Lipinski definition) is 0. The molecule has 1 heterocycles. The molecule has 1 aliphatic rings. The zero-order valence-corrected chi connectivity index (χ0v) is 14.0. The van der Waals surface area contributed by atoms with Crippen molar-refractivity contribution in [2.45, 2.75) is 38.3 Å². The first-order valence-corrected chi connectivity index (χ1v) is 8.57. The average Bonchev–Trinajstić information content (AvgIpc) is 2.97. The molecule has 7 heteroatoms. The van der Waals surface area contributed by atoms with Crippen LogP contribution in [0.3, 0.4) is 0 Å². The molecule has 24 heavy (non-hydrogen) atoms. The van der Waals surface area contributed by atoms with E-state index in [1.807, 2.05) is 0 Å². The zero-order valence-electron chi connectivity index (χ0n) is 13.2. The SMILES string of the molecule is CN(C(=O)Cc1ccc(C(F)(F)F)cc1)c1nc2c(s1)CCCC2. The van der Waals surface area contributed by atoms with Gasteiger partial charge in [0.25, 0.3) is 0 Å². The second kappa shape index (κ2) is 6.55. The van der Waals surface area contributed by atoms with Gasteiger partial charge < -0.3 is 0 Å². The van der Waals surface area contributed by atoms with Crippen LogP contribution in [0.5, 0.6) is 0 Å². The highest BCUT2D eigenvalue weighted by molar-refractivity contribution is 7.15. The van der Waals surface area contributed by atoms with E-state index >= 15 is 0 Å². The summed E-state index contributed by atoms with van der Waals surface area (Å²) >= 11 is 1.53. The molecule has 0 bridgehead atoms. The smallest absolute Gasteiger partial charge is 0.291 e. The van der Waals surface area contributed by atoms with Gasteiger partial charge in [-0.25, -0.2) is 4.98 Å². The van der Waals surface area contributed by atoms with Crippen LogP contribution in [0.2, 0.25) is 0 Å². The molecule has 3 rings (SSSR count). The molecule has 1 aromatic heterocycles. The van der Waals surface area contributed by atoms with Crippen LogP contribution in [0.1, 0.15) is 34.5 Å². The number of nitrogens with zero attached hydrogens (tertiary/aromatic N) is 2. The van der Waals surface area contributed by atoms with Crippen molar-refractivity contribution in [2.75, 3.05) is 11.9 Å². The first-order chi connectivity index (χ1) is 11.3. The van der Waals surface area contributed by atoms with Crippen LogP contribution in [0.25, 0.3) is 0 Å². The zero-order chi connectivity index (χ0) is 17.3. The number of aromatic nitrogens is 1. The van der Waals surface area contributed by atoms with Crippen LogP contribution in [-0.2, 0) is 30.2 Å². The standard InChI is InChI=1S/C17H17F3N2OS/c1-22(16-21-13-4-2-3-5-14(13)24-16)15(23)10-11-6-8-12(9-7-11)17(18,19)20/h6-9H,2-5,10H2,1H3. The van der Waals surface area contributed by atoms with Gasteiger partial charge in [-0.05, 0) is 43.4 Å². The molecule has 0 unspecified atom stereocenters.